The van der Waals surface area contributed by atoms with Gasteiger partial charge in [0.05, 0.1) is 30.8 Å². The van der Waals surface area contributed by atoms with Crippen LogP contribution in [0, 0.1) is 0 Å². The molecule has 2 saturated heterocycles. The van der Waals surface area contributed by atoms with Gasteiger partial charge >= 0.3 is 54.3 Å². The Morgan fingerprint density at radius 3 is 1.24 bits per heavy atom. The molecule has 14 atom stereocenters. The van der Waals surface area contributed by atoms with Crippen LogP contribution in [-0.4, -0.2) is 186 Å². The van der Waals surface area contributed by atoms with Crippen molar-refractivity contribution in [1.82, 2.24) is 26.2 Å². The zero-order valence-electron chi connectivity index (χ0n) is 52.5. The fraction of sp³-hybridized carbons (Fsp3) is 0.839. The van der Waals surface area contributed by atoms with Crippen LogP contribution in [0.1, 0.15) is 178 Å². The van der Waals surface area contributed by atoms with Gasteiger partial charge in [0, 0.05) is 40.7 Å². The Morgan fingerprint density at radius 2 is 0.831 bits per heavy atom. The van der Waals surface area contributed by atoms with Gasteiger partial charge in [-0.2, -0.15) is 0 Å². The maximum absolute atomic E-state index is 14.1. The molecule has 27 nitrogen and oxygen atoms in total. The van der Waals surface area contributed by atoms with Crippen molar-refractivity contribution in [3.8, 4) is 0 Å². The Labute approximate surface area is 488 Å². The number of esters is 4. The Kier molecular flexibility index (Phi) is 25.6. The van der Waals surface area contributed by atoms with Crippen molar-refractivity contribution in [2.24, 2.45) is 0 Å². The first-order valence-electron chi connectivity index (χ1n) is 28.2. The van der Waals surface area contributed by atoms with Crippen LogP contribution >= 0.6 is 0 Å². The summed E-state index contributed by atoms with van der Waals surface area (Å²) >= 11 is 0. The molecule has 476 valence electrons. The number of ether oxygens (including phenoxy) is 13. The summed E-state index contributed by atoms with van der Waals surface area (Å²) in [4.78, 5) is 123. The zero-order chi connectivity index (χ0) is 63.3. The topological polar surface area (TPSA) is 325 Å². The first-order valence-corrected chi connectivity index (χ1v) is 28.2. The van der Waals surface area contributed by atoms with Crippen LogP contribution in [0.4, 0.5) is 24.0 Å². The lowest BCUT2D eigenvalue weighted by molar-refractivity contribution is -0.319. The van der Waals surface area contributed by atoms with Gasteiger partial charge < -0.3 is 87.7 Å². The average Bonchev–Trinajstić information content (AvgIpc) is 1.80. The van der Waals surface area contributed by atoms with Gasteiger partial charge in [-0.05, 0) is 123 Å². The first-order chi connectivity index (χ1) is 38.0. The smallest absolute Gasteiger partial charge is 0.410 e. The molecule has 2 heterocycles. The molecule has 0 radical (unpaired) electrons. The molecule has 0 aromatic heterocycles. The molecule has 1 aliphatic carbocycles. The Balaban J connectivity index is 2.47. The highest BCUT2D eigenvalue weighted by Gasteiger charge is 2.57. The number of amides is 5. The second-order valence-electron chi connectivity index (χ2n) is 25.7. The van der Waals surface area contributed by atoms with Crippen LogP contribution in [0.25, 0.3) is 0 Å². The molecule has 4 N–H and O–H groups in total. The Morgan fingerprint density at radius 1 is 0.446 bits per heavy atom. The van der Waals surface area contributed by atoms with E-state index in [0.717, 1.165) is 20.8 Å². The molecule has 14 unspecified atom stereocenters. The van der Waals surface area contributed by atoms with Crippen LogP contribution < -0.4 is 21.3 Å². The summed E-state index contributed by atoms with van der Waals surface area (Å²) in [6.07, 6.45) is -19.2. The number of carbonyl (C=O) groups is 9. The first kappa shape index (κ1) is 71.3. The quantitative estimate of drug-likeness (QED) is 0.0814. The molecule has 0 aromatic rings. The summed E-state index contributed by atoms with van der Waals surface area (Å²) < 4.78 is 79.3. The standard InChI is InChI=1S/C56H95N5O22/c1-22-24-25-61(51(70)83-56(19,20)21)28-38-37(71-29(3)62)27-35(59-49(68)81-54(13,14)15)45(76-38)77-40-33(57-47(66)79-52(7,8)9)26-34(58-48(67)80-53(10,11)12)41(44(40)74-32(6)65)78-46-43(73-31(5)64)39(60-50(69)82-55(16,17)18)42(72-30(4)63)36(23-2)75-46/h33-46H,22-28H2,1-21H3,(H,57,66)(H,58,67)(H,59,68)(H,60,69). The lowest BCUT2D eigenvalue weighted by atomic mass is 9.82. The van der Waals surface area contributed by atoms with E-state index in [1.54, 1.807) is 111 Å². The summed E-state index contributed by atoms with van der Waals surface area (Å²) in [7, 11) is 0. The van der Waals surface area contributed by atoms with Crippen molar-refractivity contribution in [2.75, 3.05) is 13.1 Å². The van der Waals surface area contributed by atoms with Crippen molar-refractivity contribution in [3.63, 3.8) is 0 Å². The second kappa shape index (κ2) is 29.7. The van der Waals surface area contributed by atoms with E-state index >= 15 is 0 Å². The van der Waals surface area contributed by atoms with Gasteiger partial charge in [0.2, 0.25) is 0 Å². The second-order valence-corrected chi connectivity index (χ2v) is 25.7. The van der Waals surface area contributed by atoms with E-state index in [2.05, 4.69) is 21.3 Å². The molecular weight excluding hydrogens is 1090 g/mol. The number of alkyl carbamates (subject to hydrolysis) is 4. The van der Waals surface area contributed by atoms with Crippen molar-refractivity contribution in [2.45, 2.75) is 291 Å². The van der Waals surface area contributed by atoms with Crippen molar-refractivity contribution < 1.29 is 105 Å². The van der Waals surface area contributed by atoms with E-state index in [-0.39, 0.29) is 32.4 Å². The van der Waals surface area contributed by atoms with E-state index in [1.807, 2.05) is 6.92 Å². The number of hydrogen-bond donors (Lipinski definition) is 4. The molecule has 1 saturated carbocycles. The summed E-state index contributed by atoms with van der Waals surface area (Å²) in [6.45, 7) is 32.5. The summed E-state index contributed by atoms with van der Waals surface area (Å²) in [5, 5.41) is 11.0. The number of rotatable bonds is 18. The van der Waals surface area contributed by atoms with Crippen LogP contribution in [-0.2, 0) is 80.8 Å². The summed E-state index contributed by atoms with van der Waals surface area (Å²) in [6, 6.07) is -5.52. The van der Waals surface area contributed by atoms with E-state index in [0.29, 0.717) is 12.8 Å². The highest BCUT2D eigenvalue weighted by atomic mass is 16.7. The SMILES string of the molecule is CCCCN(CC1OC(OC2C(NC(=O)OC(C)(C)C)CC(NC(=O)OC(C)(C)C)C(OC3OC(CC)C(OC(C)=O)C(NC(=O)OC(C)(C)C)C3OC(C)=O)C2OC(C)=O)C(NC(=O)OC(C)(C)C)CC1OC(C)=O)C(=O)OC(C)(C)C. The Bertz CT molecular complexity index is 2230. The summed E-state index contributed by atoms with van der Waals surface area (Å²) in [5.41, 5.74) is -5.16. The van der Waals surface area contributed by atoms with Gasteiger partial charge in [0.15, 0.2) is 30.9 Å². The Hall–Kier alpha value is -5.93. The maximum atomic E-state index is 14.1. The number of carbonyl (C=O) groups excluding carboxylic acids is 9. The highest BCUT2D eigenvalue weighted by Crippen LogP contribution is 2.37. The molecule has 5 amide bonds. The third-order valence-corrected chi connectivity index (χ3v) is 12.0. The molecule has 83 heavy (non-hydrogen) atoms. The fourth-order valence-electron chi connectivity index (χ4n) is 9.22. The van der Waals surface area contributed by atoms with Crippen LogP contribution in [0.5, 0.6) is 0 Å². The number of nitrogens with one attached hydrogen (secondary N) is 4. The van der Waals surface area contributed by atoms with Gasteiger partial charge in [-0.15, -0.1) is 0 Å². The third kappa shape index (κ3) is 25.1. The van der Waals surface area contributed by atoms with E-state index in [4.69, 9.17) is 61.6 Å². The number of unbranched alkanes of at least 4 members (excludes halogenated alkanes) is 1. The molecule has 0 aromatic carbocycles. The predicted octanol–water partition coefficient (Wildman–Crippen LogP) is 6.75. The lowest BCUT2D eigenvalue weighted by Crippen LogP contribution is -2.71. The van der Waals surface area contributed by atoms with Crippen LogP contribution in [0.15, 0.2) is 0 Å². The van der Waals surface area contributed by atoms with Crippen LogP contribution in [0.2, 0.25) is 0 Å². The lowest BCUT2D eigenvalue weighted by Gasteiger charge is -2.51. The molecular formula is C56H95N5O22. The van der Waals surface area contributed by atoms with Gasteiger partial charge in [-0.25, -0.2) is 24.0 Å². The highest BCUT2D eigenvalue weighted by molar-refractivity contribution is 5.72. The fourth-order valence-corrected chi connectivity index (χ4v) is 9.22. The van der Waals surface area contributed by atoms with Crippen LogP contribution in [0.3, 0.4) is 0 Å². The largest absolute Gasteiger partial charge is 0.460 e. The predicted molar refractivity (Wildman–Crippen MR) is 294 cm³/mol. The molecule has 3 rings (SSSR count). The number of hydrogen-bond acceptors (Lipinski definition) is 22. The maximum Gasteiger partial charge on any atom is 0.410 e. The minimum atomic E-state index is -1.80. The van der Waals surface area contributed by atoms with Crippen molar-refractivity contribution in [3.05, 3.63) is 0 Å². The third-order valence-electron chi connectivity index (χ3n) is 12.0. The minimum absolute atomic E-state index is 0.0900. The zero-order valence-corrected chi connectivity index (χ0v) is 52.5. The monoisotopic (exact) mass is 1190 g/mol. The molecule has 3 aliphatic rings. The van der Waals surface area contributed by atoms with E-state index in [1.165, 1.54) is 11.8 Å². The molecule has 3 fully saturated rings. The van der Waals surface area contributed by atoms with Gasteiger partial charge in [0.25, 0.3) is 0 Å². The van der Waals surface area contributed by atoms with Gasteiger partial charge in [0.1, 0.15) is 58.5 Å². The molecule has 27 heteroatoms. The normalized spacial score (nSPS) is 27.7. The van der Waals surface area contributed by atoms with Crippen molar-refractivity contribution >= 4 is 54.3 Å². The average molecular weight is 1190 g/mol. The van der Waals surface area contributed by atoms with E-state index in [9.17, 15) is 43.2 Å². The van der Waals surface area contributed by atoms with Crippen molar-refractivity contribution in [1.29, 1.82) is 0 Å². The molecule has 2 aliphatic heterocycles. The summed E-state index contributed by atoms with van der Waals surface area (Å²) in [5.74, 6) is -3.38. The molecule has 0 spiro atoms. The van der Waals surface area contributed by atoms with Gasteiger partial charge in [-0.3, -0.25) is 19.2 Å². The number of nitrogens with zero attached hydrogens (tertiary/aromatic N) is 1. The van der Waals surface area contributed by atoms with E-state index < -0.39 is 168 Å². The minimum Gasteiger partial charge on any atom is -0.460 e. The molecule has 0 bridgehead atoms. The van der Waals surface area contributed by atoms with Gasteiger partial charge in [-0.1, -0.05) is 20.3 Å².